The number of carbonyl (C=O) groups excluding carboxylic acids is 1. The first-order chi connectivity index (χ1) is 13.2. The molecule has 27 heavy (non-hydrogen) atoms. The molecule has 0 aliphatic heterocycles. The van der Waals surface area contributed by atoms with Crippen molar-refractivity contribution in [3.63, 3.8) is 0 Å². The van der Waals surface area contributed by atoms with Crippen LogP contribution in [-0.2, 0) is 0 Å². The fourth-order valence-corrected chi connectivity index (χ4v) is 3.12. The number of hydrogen-bond acceptors (Lipinski definition) is 3. The molecule has 0 fully saturated rings. The predicted octanol–water partition coefficient (Wildman–Crippen LogP) is 3.44. The molecule has 0 bridgehead atoms. The maximum absolute atomic E-state index is 13.1. The number of aromatic nitrogens is 2. The average molecular weight is 355 g/mol. The lowest BCUT2D eigenvalue weighted by Crippen LogP contribution is -2.31. The van der Waals surface area contributed by atoms with Crippen LogP contribution in [0.3, 0.4) is 0 Å². The standard InChI is InChI=1S/C22H17N3O2/c26-20-14-17(16-10-4-5-11-18(16)24-20)22(27)25-21(15-8-2-1-3-9-15)19-12-6-7-13-23-19/h1-14,21H,(H,24,26)(H,25,27). The first-order valence-electron chi connectivity index (χ1n) is 8.61. The molecular weight excluding hydrogens is 338 g/mol. The predicted molar refractivity (Wildman–Crippen MR) is 105 cm³/mol. The van der Waals surface area contributed by atoms with Gasteiger partial charge in [-0.2, -0.15) is 0 Å². The lowest BCUT2D eigenvalue weighted by Gasteiger charge is -2.19. The molecule has 2 N–H and O–H groups in total. The van der Waals surface area contributed by atoms with Gasteiger partial charge in [0, 0.05) is 23.2 Å². The van der Waals surface area contributed by atoms with Crippen LogP contribution in [0.25, 0.3) is 10.9 Å². The van der Waals surface area contributed by atoms with Gasteiger partial charge in [0.25, 0.3) is 5.91 Å². The second-order valence-electron chi connectivity index (χ2n) is 6.16. The molecule has 2 heterocycles. The highest BCUT2D eigenvalue weighted by Gasteiger charge is 2.20. The van der Waals surface area contributed by atoms with Crippen LogP contribution >= 0.6 is 0 Å². The Balaban J connectivity index is 1.76. The summed E-state index contributed by atoms with van der Waals surface area (Å²) in [6.07, 6.45) is 1.69. The van der Waals surface area contributed by atoms with E-state index in [0.29, 0.717) is 16.5 Å². The van der Waals surface area contributed by atoms with E-state index in [1.807, 2.05) is 66.7 Å². The Morgan fingerprint density at radius 3 is 2.44 bits per heavy atom. The van der Waals surface area contributed by atoms with Crippen molar-refractivity contribution < 1.29 is 4.79 Å². The van der Waals surface area contributed by atoms with Gasteiger partial charge in [-0.1, -0.05) is 54.6 Å². The Labute approximate surface area is 155 Å². The number of fused-ring (bicyclic) bond motifs is 1. The molecule has 5 nitrogen and oxygen atoms in total. The lowest BCUT2D eigenvalue weighted by atomic mass is 10.0. The van der Waals surface area contributed by atoms with Gasteiger partial charge < -0.3 is 10.3 Å². The first-order valence-corrected chi connectivity index (χ1v) is 8.61. The summed E-state index contributed by atoms with van der Waals surface area (Å²) in [6.45, 7) is 0. The summed E-state index contributed by atoms with van der Waals surface area (Å²) < 4.78 is 0. The number of aromatic amines is 1. The summed E-state index contributed by atoms with van der Waals surface area (Å²) in [7, 11) is 0. The number of hydrogen-bond donors (Lipinski definition) is 2. The van der Waals surface area contributed by atoms with Crippen molar-refractivity contribution in [2.45, 2.75) is 6.04 Å². The highest BCUT2D eigenvalue weighted by Crippen LogP contribution is 2.22. The molecule has 2 aromatic carbocycles. The fourth-order valence-electron chi connectivity index (χ4n) is 3.12. The van der Waals surface area contributed by atoms with Gasteiger partial charge in [0.1, 0.15) is 0 Å². The molecule has 0 saturated heterocycles. The Morgan fingerprint density at radius 2 is 1.67 bits per heavy atom. The number of para-hydroxylation sites is 1. The van der Waals surface area contributed by atoms with Crippen molar-refractivity contribution in [3.05, 3.63) is 112 Å². The third kappa shape index (κ3) is 3.48. The van der Waals surface area contributed by atoms with Crippen LogP contribution in [0.1, 0.15) is 27.7 Å². The van der Waals surface area contributed by atoms with E-state index in [4.69, 9.17) is 0 Å². The topological polar surface area (TPSA) is 74.8 Å². The molecule has 1 atom stereocenters. The zero-order valence-electron chi connectivity index (χ0n) is 14.4. The number of carbonyl (C=O) groups is 1. The second-order valence-corrected chi connectivity index (χ2v) is 6.16. The highest BCUT2D eigenvalue weighted by molar-refractivity contribution is 6.06. The minimum atomic E-state index is -0.419. The van der Waals surface area contributed by atoms with Gasteiger partial charge in [-0.15, -0.1) is 0 Å². The van der Waals surface area contributed by atoms with Crippen molar-refractivity contribution >= 4 is 16.8 Å². The number of amides is 1. The third-order valence-electron chi connectivity index (χ3n) is 4.39. The number of pyridine rings is 2. The van der Waals surface area contributed by atoms with Crippen molar-refractivity contribution in [2.24, 2.45) is 0 Å². The van der Waals surface area contributed by atoms with E-state index in [1.165, 1.54) is 6.07 Å². The fraction of sp³-hybridized carbons (Fsp3) is 0.0455. The molecule has 0 aliphatic rings. The van der Waals surface area contributed by atoms with E-state index in [0.717, 1.165) is 11.3 Å². The Kier molecular flexibility index (Phi) is 4.49. The molecular formula is C22H17N3O2. The van der Waals surface area contributed by atoms with E-state index in [-0.39, 0.29) is 11.5 Å². The SMILES string of the molecule is O=C(NC(c1ccccc1)c1ccccn1)c1cc(=O)[nH]c2ccccc12. The zero-order chi connectivity index (χ0) is 18.6. The highest BCUT2D eigenvalue weighted by atomic mass is 16.2. The van der Waals surface area contributed by atoms with Crippen LogP contribution in [0.15, 0.2) is 89.9 Å². The lowest BCUT2D eigenvalue weighted by molar-refractivity contribution is 0.0944. The summed E-state index contributed by atoms with van der Waals surface area (Å²) >= 11 is 0. The minimum absolute atomic E-state index is 0.312. The number of nitrogens with one attached hydrogen (secondary N) is 2. The molecule has 1 unspecified atom stereocenters. The van der Waals surface area contributed by atoms with Gasteiger partial charge in [0.05, 0.1) is 17.3 Å². The number of H-pyrrole nitrogens is 1. The van der Waals surface area contributed by atoms with Crippen molar-refractivity contribution in [1.29, 1.82) is 0 Å². The zero-order valence-corrected chi connectivity index (χ0v) is 14.4. The van der Waals surface area contributed by atoms with E-state index in [2.05, 4.69) is 15.3 Å². The molecule has 2 aromatic heterocycles. The summed E-state index contributed by atoms with van der Waals surface area (Å²) in [4.78, 5) is 32.2. The molecule has 1 amide bonds. The van der Waals surface area contributed by atoms with Crippen molar-refractivity contribution in [1.82, 2.24) is 15.3 Å². The smallest absolute Gasteiger partial charge is 0.252 e. The van der Waals surface area contributed by atoms with Crippen LogP contribution in [0.2, 0.25) is 0 Å². The first kappa shape index (κ1) is 16.7. The summed E-state index contributed by atoms with van der Waals surface area (Å²) in [5.74, 6) is -0.322. The molecule has 0 saturated carbocycles. The van der Waals surface area contributed by atoms with E-state index in [1.54, 1.807) is 12.3 Å². The van der Waals surface area contributed by atoms with Gasteiger partial charge in [0.2, 0.25) is 5.56 Å². The summed E-state index contributed by atoms with van der Waals surface area (Å²) in [5.41, 5.74) is 2.30. The molecule has 5 heteroatoms. The van der Waals surface area contributed by atoms with E-state index >= 15 is 0 Å². The third-order valence-corrected chi connectivity index (χ3v) is 4.39. The molecule has 132 valence electrons. The van der Waals surface area contributed by atoms with Crippen LogP contribution in [0, 0.1) is 0 Å². The Morgan fingerprint density at radius 1 is 0.926 bits per heavy atom. The number of benzene rings is 2. The molecule has 4 aromatic rings. The average Bonchev–Trinajstić information content (AvgIpc) is 2.72. The van der Waals surface area contributed by atoms with Crippen molar-refractivity contribution in [2.75, 3.05) is 0 Å². The summed E-state index contributed by atoms with van der Waals surface area (Å²) in [6, 6.07) is 23.4. The maximum Gasteiger partial charge on any atom is 0.252 e. The molecule has 0 radical (unpaired) electrons. The normalized spacial score (nSPS) is 11.9. The minimum Gasteiger partial charge on any atom is -0.340 e. The Hall–Kier alpha value is -3.73. The monoisotopic (exact) mass is 355 g/mol. The number of rotatable bonds is 4. The van der Waals surface area contributed by atoms with Gasteiger partial charge in [-0.3, -0.25) is 14.6 Å². The van der Waals surface area contributed by atoms with Crippen LogP contribution < -0.4 is 10.9 Å². The quantitative estimate of drug-likeness (QED) is 0.589. The maximum atomic E-state index is 13.1. The van der Waals surface area contributed by atoms with E-state index in [9.17, 15) is 9.59 Å². The van der Waals surface area contributed by atoms with Crippen molar-refractivity contribution in [3.8, 4) is 0 Å². The molecule has 4 rings (SSSR count). The molecule has 0 spiro atoms. The largest absolute Gasteiger partial charge is 0.340 e. The molecule has 0 aliphatic carbocycles. The second kappa shape index (κ2) is 7.25. The van der Waals surface area contributed by atoms with Gasteiger partial charge in [0.15, 0.2) is 0 Å². The summed E-state index contributed by atoms with van der Waals surface area (Å²) in [5, 5.41) is 3.73. The van der Waals surface area contributed by atoms with Crippen LogP contribution in [0.4, 0.5) is 0 Å². The van der Waals surface area contributed by atoms with Crippen LogP contribution in [0.5, 0.6) is 0 Å². The number of nitrogens with zero attached hydrogens (tertiary/aromatic N) is 1. The van der Waals surface area contributed by atoms with Crippen LogP contribution in [-0.4, -0.2) is 15.9 Å². The van der Waals surface area contributed by atoms with E-state index < -0.39 is 6.04 Å². The van der Waals surface area contributed by atoms with Gasteiger partial charge in [-0.25, -0.2) is 0 Å². The van der Waals surface area contributed by atoms with Gasteiger partial charge in [-0.05, 0) is 23.8 Å². The Bertz CT molecular complexity index is 1100. The van der Waals surface area contributed by atoms with Gasteiger partial charge >= 0.3 is 0 Å².